The smallest absolute Gasteiger partial charge is 0.193 e. The van der Waals surface area contributed by atoms with Gasteiger partial charge in [0.25, 0.3) is 0 Å². The van der Waals surface area contributed by atoms with Crippen molar-refractivity contribution in [1.29, 1.82) is 0 Å². The van der Waals surface area contributed by atoms with Gasteiger partial charge in [-0.2, -0.15) is 0 Å². The van der Waals surface area contributed by atoms with Crippen LogP contribution in [0.4, 0.5) is 4.39 Å². The average molecular weight is 273 g/mol. The van der Waals surface area contributed by atoms with Gasteiger partial charge in [0.1, 0.15) is 6.17 Å². The summed E-state index contributed by atoms with van der Waals surface area (Å²) in [7, 11) is 0. The average Bonchev–Trinajstić information content (AvgIpc) is 3.23. The van der Waals surface area contributed by atoms with Crippen LogP contribution >= 0.6 is 11.6 Å². The fraction of sp³-hybridized carbons (Fsp3) is 0.188. The van der Waals surface area contributed by atoms with Gasteiger partial charge < -0.3 is 0 Å². The molecular formula is C16H10ClFO. The molecule has 0 fully saturated rings. The first kappa shape index (κ1) is 11.2. The maximum atomic E-state index is 14.6. The van der Waals surface area contributed by atoms with E-state index in [2.05, 4.69) is 0 Å². The molecule has 4 rings (SSSR count). The number of fused-ring (bicyclic) bond motifs is 4. The van der Waals surface area contributed by atoms with Gasteiger partial charge in [-0.05, 0) is 28.7 Å². The lowest BCUT2D eigenvalue weighted by molar-refractivity contribution is 0.103. The Kier molecular flexibility index (Phi) is 2.16. The summed E-state index contributed by atoms with van der Waals surface area (Å²) in [5, 5.41) is -0.778. The number of halogens is 2. The third-order valence-corrected chi connectivity index (χ3v) is 4.42. The maximum absolute atomic E-state index is 14.6. The van der Waals surface area contributed by atoms with E-state index < -0.39 is 11.5 Å². The number of carbonyl (C=O) groups excluding carboxylic acids is 1. The van der Waals surface area contributed by atoms with Crippen LogP contribution in [-0.2, 0) is 6.42 Å². The summed E-state index contributed by atoms with van der Waals surface area (Å²) in [5.41, 5.74) is 4.33. The van der Waals surface area contributed by atoms with E-state index in [-0.39, 0.29) is 5.78 Å². The predicted octanol–water partition coefficient (Wildman–Crippen LogP) is 4.13. The van der Waals surface area contributed by atoms with Crippen LogP contribution in [0.2, 0.25) is 0 Å². The maximum Gasteiger partial charge on any atom is 0.193 e. The first-order valence-electron chi connectivity index (χ1n) is 6.25. The van der Waals surface area contributed by atoms with Crippen molar-refractivity contribution in [2.24, 2.45) is 0 Å². The van der Waals surface area contributed by atoms with Crippen LogP contribution in [0.5, 0.6) is 0 Å². The highest BCUT2D eigenvalue weighted by Gasteiger charge is 2.38. The lowest BCUT2D eigenvalue weighted by Gasteiger charge is -2.14. The Morgan fingerprint density at radius 1 is 1.11 bits per heavy atom. The van der Waals surface area contributed by atoms with Crippen LogP contribution < -0.4 is 0 Å². The monoisotopic (exact) mass is 272 g/mol. The highest BCUT2D eigenvalue weighted by atomic mass is 35.5. The summed E-state index contributed by atoms with van der Waals surface area (Å²) in [6.07, 6.45) is -0.510. The van der Waals surface area contributed by atoms with Gasteiger partial charge in [-0.25, -0.2) is 4.39 Å². The van der Waals surface area contributed by atoms with Gasteiger partial charge in [-0.1, -0.05) is 36.4 Å². The Hall–Kier alpha value is -1.67. The molecule has 0 bridgehead atoms. The topological polar surface area (TPSA) is 17.1 Å². The zero-order valence-corrected chi connectivity index (χ0v) is 10.7. The van der Waals surface area contributed by atoms with Gasteiger partial charge in [-0.3, -0.25) is 4.79 Å². The minimum atomic E-state index is -1.34. The second-order valence-corrected chi connectivity index (χ2v) is 5.53. The van der Waals surface area contributed by atoms with E-state index in [9.17, 15) is 9.18 Å². The quantitative estimate of drug-likeness (QED) is 0.563. The van der Waals surface area contributed by atoms with Gasteiger partial charge >= 0.3 is 0 Å². The molecule has 0 saturated carbocycles. The molecule has 3 heteroatoms. The first-order valence-corrected chi connectivity index (χ1v) is 6.68. The number of hydrogen-bond donors (Lipinski definition) is 0. The van der Waals surface area contributed by atoms with Crippen LogP contribution in [0.3, 0.4) is 0 Å². The summed E-state index contributed by atoms with van der Waals surface area (Å²) < 4.78 is 14.6. The normalized spacial score (nSPS) is 23.2. The zero-order chi connectivity index (χ0) is 13.1. The molecule has 0 aromatic heterocycles. The molecule has 1 nitrogen and oxygen atoms in total. The summed E-state index contributed by atoms with van der Waals surface area (Å²) >= 11 is 6.31. The van der Waals surface area contributed by atoms with E-state index in [1.54, 1.807) is 30.3 Å². The molecule has 2 aromatic carbocycles. The van der Waals surface area contributed by atoms with E-state index in [0.717, 1.165) is 12.0 Å². The minimum Gasteiger partial charge on any atom is -0.289 e. The highest BCUT2D eigenvalue weighted by molar-refractivity contribution is 6.24. The molecule has 0 N–H and O–H groups in total. The summed E-state index contributed by atoms with van der Waals surface area (Å²) in [6.45, 7) is 0. The minimum absolute atomic E-state index is 0.119. The number of carbonyl (C=O) groups is 1. The summed E-state index contributed by atoms with van der Waals surface area (Å²) in [5.74, 6) is -0.119. The third kappa shape index (κ3) is 1.44. The van der Waals surface area contributed by atoms with Gasteiger partial charge in [-0.15, -0.1) is 11.6 Å². The van der Waals surface area contributed by atoms with Crippen molar-refractivity contribution in [2.45, 2.75) is 18.0 Å². The Labute approximate surface area is 115 Å². The van der Waals surface area contributed by atoms with Crippen molar-refractivity contribution < 1.29 is 9.18 Å². The standard InChI is InChI=1S/C16H10ClFO/c17-14-13-11(6-5-8-7-12(8)13)16(19)10-4-2-1-3-9(10)15(14)18/h1-6,14-15H,7H2. The molecule has 2 aliphatic carbocycles. The Balaban J connectivity index is 2.04. The number of alkyl halides is 2. The fourth-order valence-corrected chi connectivity index (χ4v) is 3.30. The van der Waals surface area contributed by atoms with Crippen LogP contribution in [0, 0.1) is 0 Å². The lowest BCUT2D eigenvalue weighted by Crippen LogP contribution is -2.03. The molecule has 0 amide bonds. The second-order valence-electron chi connectivity index (χ2n) is 5.06. The Morgan fingerprint density at radius 2 is 1.89 bits per heavy atom. The van der Waals surface area contributed by atoms with Crippen molar-refractivity contribution in [3.8, 4) is 0 Å². The summed E-state index contributed by atoms with van der Waals surface area (Å²) in [4.78, 5) is 12.6. The van der Waals surface area contributed by atoms with Crippen molar-refractivity contribution in [3.63, 3.8) is 0 Å². The second kappa shape index (κ2) is 3.67. The van der Waals surface area contributed by atoms with Crippen LogP contribution in [0.25, 0.3) is 0 Å². The molecule has 0 aliphatic heterocycles. The van der Waals surface area contributed by atoms with Crippen molar-refractivity contribution >= 4 is 17.4 Å². The highest BCUT2D eigenvalue weighted by Crippen LogP contribution is 2.49. The third-order valence-electron chi connectivity index (χ3n) is 3.98. The number of rotatable bonds is 0. The molecule has 2 aliphatic rings. The van der Waals surface area contributed by atoms with Gasteiger partial charge in [0.05, 0.1) is 5.38 Å². The van der Waals surface area contributed by atoms with Gasteiger partial charge in [0, 0.05) is 11.1 Å². The van der Waals surface area contributed by atoms with E-state index >= 15 is 0 Å². The molecule has 2 aromatic rings. The van der Waals surface area contributed by atoms with E-state index in [1.165, 1.54) is 5.56 Å². The first-order chi connectivity index (χ1) is 9.18. The number of ketones is 1. The molecule has 19 heavy (non-hydrogen) atoms. The molecule has 2 atom stereocenters. The Bertz CT molecular complexity index is 723. The van der Waals surface area contributed by atoms with Gasteiger partial charge in [0.2, 0.25) is 0 Å². The van der Waals surface area contributed by atoms with Crippen LogP contribution in [0.1, 0.15) is 49.7 Å². The van der Waals surface area contributed by atoms with Crippen molar-refractivity contribution in [3.05, 3.63) is 69.8 Å². The zero-order valence-electron chi connectivity index (χ0n) is 9.99. The number of hydrogen-bond acceptors (Lipinski definition) is 1. The molecule has 0 spiro atoms. The molecular weight excluding hydrogens is 263 g/mol. The molecule has 94 valence electrons. The van der Waals surface area contributed by atoms with E-state index in [0.29, 0.717) is 22.3 Å². The van der Waals surface area contributed by atoms with Gasteiger partial charge in [0.15, 0.2) is 5.78 Å². The van der Waals surface area contributed by atoms with Crippen molar-refractivity contribution in [2.75, 3.05) is 0 Å². The fourth-order valence-electron chi connectivity index (χ4n) is 2.92. The predicted molar refractivity (Wildman–Crippen MR) is 71.6 cm³/mol. The van der Waals surface area contributed by atoms with E-state index in [4.69, 9.17) is 11.6 Å². The SMILES string of the molecule is O=C1c2ccccc2C(F)C(Cl)c2c1ccc1c2C1. The molecule has 0 heterocycles. The molecule has 0 saturated heterocycles. The van der Waals surface area contributed by atoms with E-state index in [1.807, 2.05) is 6.07 Å². The van der Waals surface area contributed by atoms with Crippen molar-refractivity contribution in [1.82, 2.24) is 0 Å². The Morgan fingerprint density at radius 3 is 2.74 bits per heavy atom. The number of benzene rings is 2. The summed E-state index contributed by atoms with van der Waals surface area (Å²) in [6, 6.07) is 10.5. The lowest BCUT2D eigenvalue weighted by atomic mass is 9.99. The molecule has 0 radical (unpaired) electrons. The largest absolute Gasteiger partial charge is 0.289 e. The molecule has 2 unspecified atom stereocenters. The van der Waals surface area contributed by atoms with Crippen LogP contribution in [-0.4, -0.2) is 5.78 Å². The van der Waals surface area contributed by atoms with Crippen LogP contribution in [0.15, 0.2) is 36.4 Å².